The number of aromatic amines is 1. The van der Waals surface area contributed by atoms with Crippen LogP contribution < -0.4 is 5.73 Å². The van der Waals surface area contributed by atoms with E-state index in [1.165, 1.54) is 0 Å². The maximum absolute atomic E-state index is 5.55. The molecule has 0 fully saturated rings. The summed E-state index contributed by atoms with van der Waals surface area (Å²) < 4.78 is 1.02. The fourth-order valence-corrected chi connectivity index (χ4v) is 2.15. The van der Waals surface area contributed by atoms with E-state index in [0.29, 0.717) is 6.54 Å². The van der Waals surface area contributed by atoms with Gasteiger partial charge < -0.3 is 10.7 Å². The van der Waals surface area contributed by atoms with Gasteiger partial charge >= 0.3 is 0 Å². The van der Waals surface area contributed by atoms with Crippen LogP contribution in [-0.2, 0) is 6.54 Å². The highest BCUT2D eigenvalue weighted by molar-refractivity contribution is 9.10. The van der Waals surface area contributed by atoms with Crippen molar-refractivity contribution in [2.24, 2.45) is 5.73 Å². The first-order valence-electron chi connectivity index (χ1n) is 5.57. The first-order chi connectivity index (χ1) is 8.76. The third-order valence-electron chi connectivity index (χ3n) is 2.75. The standard InChI is InChI=1S/C13H11BrN4/c14-9-2-4-10-12(5-9)18-13(17-10)11-3-1-8(6-15)7-16-11/h1-5,7H,6,15H2,(H,17,18). The van der Waals surface area contributed by atoms with Crippen LogP contribution in [0.4, 0.5) is 0 Å². The molecule has 1 aromatic carbocycles. The molecule has 3 N–H and O–H groups in total. The fraction of sp³-hybridized carbons (Fsp3) is 0.0769. The molecule has 4 nitrogen and oxygen atoms in total. The largest absolute Gasteiger partial charge is 0.337 e. The van der Waals surface area contributed by atoms with Crippen molar-refractivity contribution < 1.29 is 0 Å². The van der Waals surface area contributed by atoms with Gasteiger partial charge in [-0.15, -0.1) is 0 Å². The first kappa shape index (κ1) is 11.4. The molecule has 90 valence electrons. The van der Waals surface area contributed by atoms with Gasteiger partial charge in [-0.1, -0.05) is 22.0 Å². The van der Waals surface area contributed by atoms with Crippen molar-refractivity contribution in [1.29, 1.82) is 0 Å². The number of halogens is 1. The van der Waals surface area contributed by atoms with Gasteiger partial charge in [-0.2, -0.15) is 0 Å². The van der Waals surface area contributed by atoms with Gasteiger partial charge in [-0.05, 0) is 29.8 Å². The van der Waals surface area contributed by atoms with Crippen LogP contribution in [0.1, 0.15) is 5.56 Å². The minimum atomic E-state index is 0.500. The van der Waals surface area contributed by atoms with E-state index in [1.807, 2.05) is 30.3 Å². The highest BCUT2D eigenvalue weighted by Crippen LogP contribution is 2.21. The predicted octanol–water partition coefficient (Wildman–Crippen LogP) is 2.85. The number of imidazole rings is 1. The highest BCUT2D eigenvalue weighted by Gasteiger charge is 2.06. The van der Waals surface area contributed by atoms with Crippen LogP contribution in [0.5, 0.6) is 0 Å². The lowest BCUT2D eigenvalue weighted by Crippen LogP contribution is -1.97. The molecule has 3 rings (SSSR count). The van der Waals surface area contributed by atoms with E-state index in [4.69, 9.17) is 5.73 Å². The smallest absolute Gasteiger partial charge is 0.157 e. The zero-order valence-electron chi connectivity index (χ0n) is 9.52. The summed E-state index contributed by atoms with van der Waals surface area (Å²) >= 11 is 3.44. The van der Waals surface area contributed by atoms with Gasteiger partial charge in [0, 0.05) is 17.2 Å². The molecule has 2 heterocycles. The second kappa shape index (κ2) is 4.51. The number of nitrogens with zero attached hydrogens (tertiary/aromatic N) is 2. The SMILES string of the molecule is NCc1ccc(-c2nc3ccc(Br)cc3[nH]2)nc1. The highest BCUT2D eigenvalue weighted by atomic mass is 79.9. The van der Waals surface area contributed by atoms with Crippen molar-refractivity contribution in [2.75, 3.05) is 0 Å². The van der Waals surface area contributed by atoms with Crippen LogP contribution in [0.2, 0.25) is 0 Å². The number of nitrogens with one attached hydrogen (secondary N) is 1. The zero-order chi connectivity index (χ0) is 12.5. The Kier molecular flexibility index (Phi) is 2.85. The molecule has 0 unspecified atom stereocenters. The molecule has 5 heteroatoms. The van der Waals surface area contributed by atoms with Crippen LogP contribution >= 0.6 is 15.9 Å². The predicted molar refractivity (Wildman–Crippen MR) is 74.9 cm³/mol. The number of nitrogens with two attached hydrogens (primary N) is 1. The van der Waals surface area contributed by atoms with Crippen molar-refractivity contribution in [3.8, 4) is 11.5 Å². The van der Waals surface area contributed by atoms with Crippen LogP contribution in [0.3, 0.4) is 0 Å². The number of rotatable bonds is 2. The molecule has 0 radical (unpaired) electrons. The second-order valence-corrected chi connectivity index (χ2v) is 4.92. The Labute approximate surface area is 112 Å². The third-order valence-corrected chi connectivity index (χ3v) is 3.24. The maximum atomic E-state index is 5.55. The first-order valence-corrected chi connectivity index (χ1v) is 6.36. The summed E-state index contributed by atoms with van der Waals surface area (Å²) in [6, 6.07) is 9.83. The number of fused-ring (bicyclic) bond motifs is 1. The Bertz CT molecular complexity index is 688. The second-order valence-electron chi connectivity index (χ2n) is 4.00. The summed E-state index contributed by atoms with van der Waals surface area (Å²) in [7, 11) is 0. The van der Waals surface area contributed by atoms with Crippen molar-refractivity contribution >= 4 is 27.0 Å². The number of benzene rings is 1. The van der Waals surface area contributed by atoms with Gasteiger partial charge in [0.1, 0.15) is 5.69 Å². The summed E-state index contributed by atoms with van der Waals surface area (Å²) in [5.74, 6) is 0.770. The summed E-state index contributed by atoms with van der Waals surface area (Å²) in [5.41, 5.74) is 9.30. The molecule has 2 aromatic heterocycles. The lowest BCUT2D eigenvalue weighted by molar-refractivity contribution is 1.05. The summed E-state index contributed by atoms with van der Waals surface area (Å²) in [4.78, 5) is 12.1. The maximum Gasteiger partial charge on any atom is 0.157 e. The molecule has 0 amide bonds. The van der Waals surface area contributed by atoms with Crippen molar-refractivity contribution in [3.63, 3.8) is 0 Å². The third kappa shape index (κ3) is 2.02. The van der Waals surface area contributed by atoms with Crippen molar-refractivity contribution in [2.45, 2.75) is 6.54 Å². The molecule has 0 saturated heterocycles. The number of pyridine rings is 1. The van der Waals surface area contributed by atoms with Crippen LogP contribution in [0.25, 0.3) is 22.6 Å². The minimum absolute atomic E-state index is 0.500. The Balaban J connectivity index is 2.07. The van der Waals surface area contributed by atoms with Gasteiger partial charge in [0.25, 0.3) is 0 Å². The van der Waals surface area contributed by atoms with Gasteiger partial charge in [-0.25, -0.2) is 4.98 Å². The fourth-order valence-electron chi connectivity index (χ4n) is 1.79. The van der Waals surface area contributed by atoms with Gasteiger partial charge in [-0.3, -0.25) is 4.98 Å². The Morgan fingerprint density at radius 3 is 2.83 bits per heavy atom. The van der Waals surface area contributed by atoms with E-state index in [2.05, 4.69) is 30.9 Å². The molecule has 0 spiro atoms. The van der Waals surface area contributed by atoms with Gasteiger partial charge in [0.15, 0.2) is 5.82 Å². The zero-order valence-corrected chi connectivity index (χ0v) is 11.1. The summed E-state index contributed by atoms with van der Waals surface area (Å²) in [5, 5.41) is 0. The lowest BCUT2D eigenvalue weighted by atomic mass is 10.2. The number of H-pyrrole nitrogens is 1. The average molecular weight is 303 g/mol. The summed E-state index contributed by atoms with van der Waals surface area (Å²) in [6.07, 6.45) is 1.78. The molecule has 0 bridgehead atoms. The Morgan fingerprint density at radius 1 is 1.22 bits per heavy atom. The molecule has 3 aromatic rings. The van der Waals surface area contributed by atoms with Crippen LogP contribution in [0.15, 0.2) is 41.0 Å². The van der Waals surface area contributed by atoms with E-state index in [9.17, 15) is 0 Å². The Hall–Kier alpha value is -1.72. The van der Waals surface area contributed by atoms with Crippen LogP contribution in [0, 0.1) is 0 Å². The quantitative estimate of drug-likeness (QED) is 0.765. The normalized spacial score (nSPS) is 11.0. The van der Waals surface area contributed by atoms with E-state index >= 15 is 0 Å². The number of aromatic nitrogens is 3. The van der Waals surface area contributed by atoms with Crippen LogP contribution in [-0.4, -0.2) is 15.0 Å². The Morgan fingerprint density at radius 2 is 2.11 bits per heavy atom. The molecule has 0 atom stereocenters. The average Bonchev–Trinajstić information content (AvgIpc) is 2.81. The topological polar surface area (TPSA) is 67.6 Å². The van der Waals surface area contributed by atoms with E-state index in [1.54, 1.807) is 6.20 Å². The monoisotopic (exact) mass is 302 g/mol. The molecule has 0 aliphatic rings. The van der Waals surface area contributed by atoms with E-state index in [-0.39, 0.29) is 0 Å². The summed E-state index contributed by atoms with van der Waals surface area (Å²) in [6.45, 7) is 0.500. The molecule has 0 aliphatic carbocycles. The molecular weight excluding hydrogens is 292 g/mol. The van der Waals surface area contributed by atoms with Crippen molar-refractivity contribution in [1.82, 2.24) is 15.0 Å². The molecular formula is C13H11BrN4. The molecule has 0 saturated carbocycles. The van der Waals surface area contributed by atoms with E-state index in [0.717, 1.165) is 32.6 Å². The lowest BCUT2D eigenvalue weighted by Gasteiger charge is -1.97. The molecule has 0 aliphatic heterocycles. The van der Waals surface area contributed by atoms with E-state index < -0.39 is 0 Å². The molecule has 18 heavy (non-hydrogen) atoms. The van der Waals surface area contributed by atoms with Crippen molar-refractivity contribution in [3.05, 3.63) is 46.6 Å². The van der Waals surface area contributed by atoms with Gasteiger partial charge in [0.05, 0.1) is 11.0 Å². The number of hydrogen-bond donors (Lipinski definition) is 2. The van der Waals surface area contributed by atoms with Gasteiger partial charge in [0.2, 0.25) is 0 Å². The number of hydrogen-bond acceptors (Lipinski definition) is 3. The minimum Gasteiger partial charge on any atom is -0.337 e.